The van der Waals surface area contributed by atoms with Crippen LogP contribution in [0.5, 0.6) is 11.5 Å². The van der Waals surface area contributed by atoms with Gasteiger partial charge in [0.15, 0.2) is 0 Å². The van der Waals surface area contributed by atoms with E-state index in [0.29, 0.717) is 22.3 Å². The van der Waals surface area contributed by atoms with Gasteiger partial charge in [0.25, 0.3) is 11.8 Å². The molecule has 0 fully saturated rings. The Bertz CT molecular complexity index is 1530. The summed E-state index contributed by atoms with van der Waals surface area (Å²) in [5.41, 5.74) is 0.375. The number of aromatic nitrogens is 1. The van der Waals surface area contributed by atoms with Crippen LogP contribution in [0.1, 0.15) is 20.8 Å². The van der Waals surface area contributed by atoms with E-state index in [4.69, 9.17) is 4.74 Å². The van der Waals surface area contributed by atoms with Gasteiger partial charge in [-0.3, -0.25) is 19.4 Å². The first-order valence-corrected chi connectivity index (χ1v) is 12.2. The van der Waals surface area contributed by atoms with Gasteiger partial charge in [-0.2, -0.15) is 13.2 Å². The van der Waals surface area contributed by atoms with Crippen LogP contribution in [0.25, 0.3) is 10.8 Å². The molecule has 11 heteroatoms. The number of nitrogens with one attached hydrogen (secondary N) is 3. The molecule has 1 aliphatic rings. The molecule has 0 radical (unpaired) electrons. The summed E-state index contributed by atoms with van der Waals surface area (Å²) in [5.74, 6) is -3.76. The minimum Gasteiger partial charge on any atom is -0.457 e. The van der Waals surface area contributed by atoms with E-state index in [0.717, 1.165) is 12.2 Å². The predicted molar refractivity (Wildman–Crippen MR) is 143 cm³/mol. The zero-order valence-electron chi connectivity index (χ0n) is 21.3. The lowest BCUT2D eigenvalue weighted by Crippen LogP contribution is -2.38. The summed E-state index contributed by atoms with van der Waals surface area (Å²) < 4.78 is 47.4. The van der Waals surface area contributed by atoms with Crippen molar-refractivity contribution in [3.8, 4) is 11.5 Å². The van der Waals surface area contributed by atoms with E-state index in [-0.39, 0.29) is 29.4 Å². The fourth-order valence-corrected chi connectivity index (χ4v) is 4.25. The maximum absolute atomic E-state index is 13.8. The number of alkyl halides is 3. The van der Waals surface area contributed by atoms with Crippen LogP contribution in [-0.4, -0.2) is 42.5 Å². The van der Waals surface area contributed by atoms with Gasteiger partial charge in [0.05, 0.1) is 5.92 Å². The molecule has 2 atom stereocenters. The molecule has 3 amide bonds. The van der Waals surface area contributed by atoms with Crippen molar-refractivity contribution in [1.82, 2.24) is 20.9 Å². The van der Waals surface area contributed by atoms with E-state index in [2.05, 4.69) is 27.5 Å². The second kappa shape index (κ2) is 11.9. The van der Waals surface area contributed by atoms with Crippen LogP contribution in [0.3, 0.4) is 0 Å². The van der Waals surface area contributed by atoms with Crippen LogP contribution in [0.15, 0.2) is 91.3 Å². The number of pyridine rings is 1. The number of nitrogens with zero attached hydrogens (tertiary/aromatic N) is 1. The molecule has 40 heavy (non-hydrogen) atoms. The lowest BCUT2D eigenvalue weighted by molar-refractivity contribution is -0.170. The highest BCUT2D eigenvalue weighted by atomic mass is 19.4. The first-order valence-electron chi connectivity index (χ1n) is 12.2. The van der Waals surface area contributed by atoms with Crippen LogP contribution in [0.4, 0.5) is 13.2 Å². The molecule has 2 aromatic carbocycles. The fourth-order valence-electron chi connectivity index (χ4n) is 4.25. The van der Waals surface area contributed by atoms with Crippen molar-refractivity contribution in [2.45, 2.75) is 6.18 Å². The van der Waals surface area contributed by atoms with Crippen molar-refractivity contribution in [1.29, 1.82) is 0 Å². The third kappa shape index (κ3) is 6.37. The van der Waals surface area contributed by atoms with Crippen molar-refractivity contribution in [2.75, 3.05) is 13.6 Å². The average Bonchev–Trinajstić information content (AvgIpc) is 2.95. The van der Waals surface area contributed by atoms with E-state index in [1.54, 1.807) is 42.5 Å². The molecular weight excluding hydrogens is 525 g/mol. The number of halogens is 3. The lowest BCUT2D eigenvalue weighted by Gasteiger charge is -2.28. The molecule has 1 aromatic heterocycles. The number of allylic oxidation sites excluding steroid dienone is 2. The lowest BCUT2D eigenvalue weighted by atomic mass is 9.86. The number of ether oxygens (including phenoxy) is 1. The number of benzene rings is 2. The molecule has 4 rings (SSSR count). The van der Waals surface area contributed by atoms with Gasteiger partial charge in [-0.1, -0.05) is 36.9 Å². The Labute approximate surface area is 227 Å². The highest BCUT2D eigenvalue weighted by Crippen LogP contribution is 2.37. The maximum atomic E-state index is 13.8. The number of hydrogen-bond donors (Lipinski definition) is 3. The largest absolute Gasteiger partial charge is 0.457 e. The molecule has 3 N–H and O–H groups in total. The minimum atomic E-state index is -4.60. The van der Waals surface area contributed by atoms with E-state index < -0.39 is 29.8 Å². The first-order chi connectivity index (χ1) is 19.1. The quantitative estimate of drug-likeness (QED) is 0.354. The van der Waals surface area contributed by atoms with Gasteiger partial charge in [-0.15, -0.1) is 0 Å². The van der Waals surface area contributed by atoms with E-state index in [1.165, 1.54) is 31.5 Å². The van der Waals surface area contributed by atoms with Gasteiger partial charge in [-0.05, 0) is 41.8 Å². The number of amides is 3. The van der Waals surface area contributed by atoms with Crippen LogP contribution in [-0.2, 0) is 4.79 Å². The molecule has 0 spiro atoms. The number of hydrogen-bond acceptors (Lipinski definition) is 5. The minimum absolute atomic E-state index is 0.0125. The van der Waals surface area contributed by atoms with Crippen molar-refractivity contribution in [2.24, 2.45) is 11.8 Å². The standard InChI is InChI=1S/C29H25F3N4O4/c1-3-26(37)35-16-17-10-11-18(14-23(17)29(30,31)32)36-27(38)22-8-4-7-21-20(22)6-5-9-25(21)40-19-12-13-34-24(15-19)28(39)33-2/h3-15,17,23H,1,16H2,2H3,(H,33,39)(H,35,37)(H,36,38). The van der Waals surface area contributed by atoms with Gasteiger partial charge in [0.1, 0.15) is 17.2 Å². The molecule has 0 saturated carbocycles. The number of carbonyl (C=O) groups is 3. The molecule has 0 aliphatic heterocycles. The Morgan fingerprint density at radius 1 is 1.07 bits per heavy atom. The molecule has 8 nitrogen and oxygen atoms in total. The fraction of sp³-hybridized carbons (Fsp3) is 0.172. The second-order valence-corrected chi connectivity index (χ2v) is 8.83. The Morgan fingerprint density at radius 2 is 1.82 bits per heavy atom. The Kier molecular flexibility index (Phi) is 8.32. The van der Waals surface area contributed by atoms with Crippen molar-refractivity contribution < 1.29 is 32.3 Å². The van der Waals surface area contributed by atoms with E-state index in [9.17, 15) is 27.6 Å². The van der Waals surface area contributed by atoms with Crippen LogP contribution in [0.2, 0.25) is 0 Å². The summed E-state index contributed by atoms with van der Waals surface area (Å²) in [6, 6.07) is 13.0. The molecule has 1 heterocycles. The molecule has 0 bridgehead atoms. The maximum Gasteiger partial charge on any atom is 0.395 e. The summed E-state index contributed by atoms with van der Waals surface area (Å²) in [6.07, 6.45) is 1.46. The summed E-state index contributed by atoms with van der Waals surface area (Å²) >= 11 is 0. The Hall–Kier alpha value is -4.93. The molecule has 2 unspecified atom stereocenters. The van der Waals surface area contributed by atoms with Crippen molar-refractivity contribution in [3.63, 3.8) is 0 Å². The Morgan fingerprint density at radius 3 is 2.55 bits per heavy atom. The van der Waals surface area contributed by atoms with Crippen LogP contribution < -0.4 is 20.7 Å². The van der Waals surface area contributed by atoms with E-state index >= 15 is 0 Å². The number of rotatable bonds is 8. The zero-order chi connectivity index (χ0) is 28.9. The number of fused-ring (bicyclic) bond motifs is 1. The predicted octanol–water partition coefficient (Wildman–Crippen LogP) is 4.67. The topological polar surface area (TPSA) is 109 Å². The molecular formula is C29H25F3N4O4. The average molecular weight is 551 g/mol. The zero-order valence-corrected chi connectivity index (χ0v) is 21.3. The SMILES string of the molecule is C=CC(=O)NCC1C=CC(NC(=O)c2cccc3c(Oc4ccnc(C(=O)NC)c4)cccc23)=CC1C(F)(F)F. The van der Waals surface area contributed by atoms with Crippen molar-refractivity contribution in [3.05, 3.63) is 103 Å². The Balaban J connectivity index is 1.57. The monoisotopic (exact) mass is 550 g/mol. The highest BCUT2D eigenvalue weighted by molar-refractivity contribution is 6.09. The normalized spacial score (nSPS) is 16.6. The van der Waals surface area contributed by atoms with Crippen LogP contribution in [0, 0.1) is 11.8 Å². The van der Waals surface area contributed by atoms with Crippen molar-refractivity contribution >= 4 is 28.5 Å². The summed E-state index contributed by atoms with van der Waals surface area (Å²) in [4.78, 5) is 40.6. The van der Waals surface area contributed by atoms with E-state index in [1.807, 2.05) is 0 Å². The van der Waals surface area contributed by atoms with Gasteiger partial charge in [-0.25, -0.2) is 0 Å². The molecule has 1 aliphatic carbocycles. The molecule has 0 saturated heterocycles. The van der Waals surface area contributed by atoms with Gasteiger partial charge in [0, 0.05) is 48.4 Å². The molecule has 3 aromatic rings. The summed E-state index contributed by atoms with van der Waals surface area (Å²) in [6.45, 7) is 3.05. The van der Waals surface area contributed by atoms with Gasteiger partial charge < -0.3 is 20.7 Å². The first kappa shape index (κ1) is 28.1. The molecule has 206 valence electrons. The smallest absolute Gasteiger partial charge is 0.395 e. The summed E-state index contributed by atoms with van der Waals surface area (Å²) in [5, 5.41) is 8.51. The van der Waals surface area contributed by atoms with Gasteiger partial charge >= 0.3 is 6.18 Å². The van der Waals surface area contributed by atoms with Crippen LogP contribution >= 0.6 is 0 Å². The second-order valence-electron chi connectivity index (χ2n) is 8.83. The highest BCUT2D eigenvalue weighted by Gasteiger charge is 2.43. The number of carbonyl (C=O) groups excluding carboxylic acids is 3. The van der Waals surface area contributed by atoms with Gasteiger partial charge in [0.2, 0.25) is 5.91 Å². The third-order valence-electron chi connectivity index (χ3n) is 6.22. The summed E-state index contributed by atoms with van der Waals surface area (Å²) in [7, 11) is 1.49. The third-order valence-corrected chi connectivity index (χ3v) is 6.22.